The summed E-state index contributed by atoms with van der Waals surface area (Å²) in [6.45, 7) is 4.27. The van der Waals surface area contributed by atoms with E-state index in [0.717, 1.165) is 28.6 Å². The highest BCUT2D eigenvalue weighted by Gasteiger charge is 2.18. The van der Waals surface area contributed by atoms with Gasteiger partial charge in [-0.3, -0.25) is 4.98 Å². The number of aromatic amines is 1. The molecule has 4 aromatic rings. The third-order valence-corrected chi connectivity index (χ3v) is 5.33. The summed E-state index contributed by atoms with van der Waals surface area (Å²) in [7, 11) is 0. The summed E-state index contributed by atoms with van der Waals surface area (Å²) in [4.78, 5) is 22.2. The SMILES string of the molecule is CCc1sc2[nH]c(=O)n3nc(-c4ccccc4)nc3c2c1CC. The molecule has 3 heterocycles. The molecule has 3 aromatic heterocycles. The van der Waals surface area contributed by atoms with Gasteiger partial charge in [0, 0.05) is 10.4 Å². The van der Waals surface area contributed by atoms with E-state index >= 15 is 0 Å². The Balaban J connectivity index is 2.10. The van der Waals surface area contributed by atoms with Crippen molar-refractivity contribution in [2.75, 3.05) is 0 Å². The zero-order chi connectivity index (χ0) is 16.0. The van der Waals surface area contributed by atoms with Crippen LogP contribution in [0.15, 0.2) is 35.1 Å². The molecule has 0 radical (unpaired) electrons. The van der Waals surface area contributed by atoms with Crippen LogP contribution in [0, 0.1) is 0 Å². The molecule has 0 unspecified atom stereocenters. The molecule has 0 amide bonds. The molecule has 0 saturated carbocycles. The van der Waals surface area contributed by atoms with Gasteiger partial charge < -0.3 is 0 Å². The number of thiophene rings is 1. The molecule has 0 atom stereocenters. The van der Waals surface area contributed by atoms with Gasteiger partial charge >= 0.3 is 5.69 Å². The summed E-state index contributed by atoms with van der Waals surface area (Å²) in [5.74, 6) is 0.579. The van der Waals surface area contributed by atoms with E-state index in [-0.39, 0.29) is 5.69 Å². The monoisotopic (exact) mass is 324 g/mol. The molecule has 0 bridgehead atoms. The Morgan fingerprint density at radius 3 is 2.65 bits per heavy atom. The molecule has 1 aromatic carbocycles. The van der Waals surface area contributed by atoms with E-state index in [4.69, 9.17) is 0 Å². The average molecular weight is 324 g/mol. The number of fused-ring (bicyclic) bond motifs is 3. The number of aromatic nitrogens is 4. The fourth-order valence-corrected chi connectivity index (χ4v) is 4.19. The number of nitrogens with one attached hydrogen (secondary N) is 1. The smallest absolute Gasteiger partial charge is 0.297 e. The number of H-pyrrole nitrogens is 1. The topological polar surface area (TPSA) is 63.0 Å². The highest BCUT2D eigenvalue weighted by molar-refractivity contribution is 7.19. The third kappa shape index (κ3) is 2.09. The van der Waals surface area contributed by atoms with Crippen LogP contribution in [0.5, 0.6) is 0 Å². The van der Waals surface area contributed by atoms with Crippen molar-refractivity contribution in [2.45, 2.75) is 26.7 Å². The van der Waals surface area contributed by atoms with Crippen molar-refractivity contribution in [3.05, 3.63) is 51.3 Å². The lowest BCUT2D eigenvalue weighted by Crippen LogP contribution is -2.17. The minimum Gasteiger partial charge on any atom is -0.297 e. The quantitative estimate of drug-likeness (QED) is 0.628. The molecule has 4 rings (SSSR count). The number of rotatable bonds is 3. The third-order valence-electron chi connectivity index (χ3n) is 4.04. The van der Waals surface area contributed by atoms with Crippen LogP contribution in [0.4, 0.5) is 0 Å². The lowest BCUT2D eigenvalue weighted by molar-refractivity contribution is 0.886. The lowest BCUT2D eigenvalue weighted by Gasteiger charge is -1.98. The maximum Gasteiger partial charge on any atom is 0.349 e. The normalized spacial score (nSPS) is 11.6. The van der Waals surface area contributed by atoms with Gasteiger partial charge in [0.05, 0.1) is 5.39 Å². The number of aryl methyl sites for hydroxylation is 2. The number of hydrogen-bond acceptors (Lipinski definition) is 4. The Bertz CT molecular complexity index is 1060. The molecule has 0 aliphatic heterocycles. The first-order valence-corrected chi connectivity index (χ1v) is 8.53. The van der Waals surface area contributed by atoms with Gasteiger partial charge in [0.25, 0.3) is 0 Å². The Labute approximate surface area is 136 Å². The van der Waals surface area contributed by atoms with Crippen LogP contribution in [0.2, 0.25) is 0 Å². The molecule has 0 fully saturated rings. The zero-order valence-electron chi connectivity index (χ0n) is 13.0. The van der Waals surface area contributed by atoms with Gasteiger partial charge in [-0.2, -0.15) is 4.52 Å². The van der Waals surface area contributed by atoms with Gasteiger partial charge in [0.2, 0.25) is 0 Å². The molecule has 0 aliphatic rings. The Morgan fingerprint density at radius 2 is 1.96 bits per heavy atom. The van der Waals surface area contributed by atoms with Crippen molar-refractivity contribution in [1.29, 1.82) is 0 Å². The lowest BCUT2D eigenvalue weighted by atomic mass is 10.1. The Kier molecular flexibility index (Phi) is 3.27. The second kappa shape index (κ2) is 5.31. The summed E-state index contributed by atoms with van der Waals surface area (Å²) in [5.41, 5.74) is 2.58. The van der Waals surface area contributed by atoms with E-state index in [9.17, 15) is 4.79 Å². The van der Waals surface area contributed by atoms with Crippen molar-refractivity contribution >= 4 is 27.2 Å². The fourth-order valence-electron chi connectivity index (χ4n) is 2.97. The van der Waals surface area contributed by atoms with Crippen LogP contribution in [0.1, 0.15) is 24.3 Å². The molecule has 6 heteroatoms. The maximum absolute atomic E-state index is 12.3. The molecular weight excluding hydrogens is 308 g/mol. The summed E-state index contributed by atoms with van der Waals surface area (Å²) in [5, 5.41) is 5.44. The predicted octanol–water partition coefficient (Wildman–Crippen LogP) is 3.42. The van der Waals surface area contributed by atoms with Gasteiger partial charge in [-0.25, -0.2) is 9.78 Å². The van der Waals surface area contributed by atoms with Crippen LogP contribution >= 0.6 is 11.3 Å². The molecule has 0 aliphatic carbocycles. The number of hydrogen-bond donors (Lipinski definition) is 1. The van der Waals surface area contributed by atoms with Gasteiger partial charge in [0.1, 0.15) is 4.83 Å². The van der Waals surface area contributed by atoms with Crippen LogP contribution in [0.25, 0.3) is 27.3 Å². The minimum atomic E-state index is -0.242. The summed E-state index contributed by atoms with van der Waals surface area (Å²) in [6.07, 6.45) is 1.87. The van der Waals surface area contributed by atoms with E-state index in [2.05, 4.69) is 28.9 Å². The van der Waals surface area contributed by atoms with Crippen LogP contribution in [0.3, 0.4) is 0 Å². The van der Waals surface area contributed by atoms with Crippen molar-refractivity contribution in [2.24, 2.45) is 0 Å². The highest BCUT2D eigenvalue weighted by Crippen LogP contribution is 2.32. The summed E-state index contributed by atoms with van der Waals surface area (Å²) < 4.78 is 1.38. The Hall–Kier alpha value is -2.47. The van der Waals surface area contributed by atoms with Crippen molar-refractivity contribution < 1.29 is 0 Å². The average Bonchev–Trinajstić information content (AvgIpc) is 3.16. The standard InChI is InChI=1S/C17H16N4OS/c1-3-11-12(4-2)23-16-13(11)15-18-14(10-8-6-5-7-9-10)20-21(15)17(22)19-16/h5-9H,3-4H2,1-2H3,(H,19,22). The molecular formula is C17H16N4OS. The molecule has 23 heavy (non-hydrogen) atoms. The second-order valence-electron chi connectivity index (χ2n) is 5.38. The first-order valence-electron chi connectivity index (χ1n) is 7.71. The predicted molar refractivity (Wildman–Crippen MR) is 93.2 cm³/mol. The number of nitrogens with zero attached hydrogens (tertiary/aromatic N) is 3. The minimum absolute atomic E-state index is 0.242. The first kappa shape index (κ1) is 14.1. The van der Waals surface area contributed by atoms with Crippen LogP contribution in [-0.2, 0) is 12.8 Å². The fraction of sp³-hybridized carbons (Fsp3) is 0.235. The van der Waals surface area contributed by atoms with Crippen molar-refractivity contribution in [1.82, 2.24) is 19.6 Å². The number of benzene rings is 1. The van der Waals surface area contributed by atoms with E-state index in [1.54, 1.807) is 11.3 Å². The van der Waals surface area contributed by atoms with E-state index in [1.165, 1.54) is 15.0 Å². The molecule has 1 N–H and O–H groups in total. The van der Waals surface area contributed by atoms with E-state index in [0.29, 0.717) is 11.5 Å². The van der Waals surface area contributed by atoms with Gasteiger partial charge in [-0.05, 0) is 18.4 Å². The molecule has 0 saturated heterocycles. The van der Waals surface area contributed by atoms with Crippen LogP contribution < -0.4 is 5.69 Å². The summed E-state index contributed by atoms with van der Waals surface area (Å²) >= 11 is 1.65. The zero-order valence-corrected chi connectivity index (χ0v) is 13.8. The maximum atomic E-state index is 12.3. The summed E-state index contributed by atoms with van der Waals surface area (Å²) in [6, 6.07) is 9.74. The second-order valence-corrected chi connectivity index (χ2v) is 6.49. The van der Waals surface area contributed by atoms with Gasteiger partial charge in [-0.15, -0.1) is 16.4 Å². The van der Waals surface area contributed by atoms with E-state index in [1.807, 2.05) is 30.3 Å². The van der Waals surface area contributed by atoms with Crippen LogP contribution in [-0.4, -0.2) is 19.6 Å². The molecule has 0 spiro atoms. The van der Waals surface area contributed by atoms with Gasteiger partial charge in [-0.1, -0.05) is 44.2 Å². The first-order chi connectivity index (χ1) is 11.2. The highest BCUT2D eigenvalue weighted by atomic mass is 32.1. The Morgan fingerprint density at radius 1 is 1.17 bits per heavy atom. The van der Waals surface area contributed by atoms with Gasteiger partial charge in [0.15, 0.2) is 11.5 Å². The molecule has 116 valence electrons. The van der Waals surface area contributed by atoms with Crippen molar-refractivity contribution in [3.63, 3.8) is 0 Å². The van der Waals surface area contributed by atoms with E-state index < -0.39 is 0 Å². The van der Waals surface area contributed by atoms with Crippen molar-refractivity contribution in [3.8, 4) is 11.4 Å². The molecule has 5 nitrogen and oxygen atoms in total. The largest absolute Gasteiger partial charge is 0.349 e.